The van der Waals surface area contributed by atoms with Crippen LogP contribution in [0.25, 0.3) is 0 Å². The first-order valence-corrected chi connectivity index (χ1v) is 13.4. The Balaban J connectivity index is 1.25. The second-order valence-corrected chi connectivity index (χ2v) is 9.72. The van der Waals surface area contributed by atoms with Crippen molar-refractivity contribution in [3.05, 3.63) is 97.1 Å². The highest BCUT2D eigenvalue weighted by molar-refractivity contribution is 7.99. The molecule has 0 saturated heterocycles. The van der Waals surface area contributed by atoms with E-state index in [1.807, 2.05) is 60.7 Å². The smallest absolute Gasteiger partial charge is 0.127 e. The van der Waals surface area contributed by atoms with Gasteiger partial charge >= 0.3 is 0 Å². The minimum atomic E-state index is -2.36. The van der Waals surface area contributed by atoms with Crippen molar-refractivity contribution in [1.82, 2.24) is 0 Å². The number of nitrogens with one attached hydrogen (secondary N) is 4. The lowest BCUT2D eigenvalue weighted by molar-refractivity contribution is 0.483. The van der Waals surface area contributed by atoms with Crippen LogP contribution in [0.15, 0.2) is 107 Å². The largest absolute Gasteiger partial charge is 0.755 e. The summed E-state index contributed by atoms with van der Waals surface area (Å²) >= 11 is -3.13. The molecule has 9 nitrogen and oxygen atoms in total. The summed E-state index contributed by atoms with van der Waals surface area (Å²) < 4.78 is 53.1. The Hall–Kier alpha value is -3.55. The number of benzene rings is 4. The standard InChI is InChI=1S/C24H22N4O5S3/c29-35(30)27-19-3-11-22(12-4-19)33-21-9-1-17(2-10-21)25-26-18-5-13-23(14-6-18)34-24-15-7-20(8-16-24)28-36(31)32/h1-16,25-28H,(H,29,30)(H,31,32)/p-2. The first-order chi connectivity index (χ1) is 17.4. The maximum atomic E-state index is 10.7. The molecule has 186 valence electrons. The number of ether oxygens (including phenoxy) is 1. The second-order valence-electron chi connectivity index (χ2n) is 7.23. The Kier molecular flexibility index (Phi) is 8.81. The van der Waals surface area contributed by atoms with E-state index in [-0.39, 0.29) is 0 Å². The van der Waals surface area contributed by atoms with Gasteiger partial charge in [-0.15, -0.1) is 0 Å². The van der Waals surface area contributed by atoms with Gasteiger partial charge in [0.2, 0.25) is 0 Å². The van der Waals surface area contributed by atoms with E-state index in [2.05, 4.69) is 20.3 Å². The van der Waals surface area contributed by atoms with Crippen LogP contribution >= 0.6 is 11.8 Å². The third-order valence-electron chi connectivity index (χ3n) is 4.64. The molecular weight excluding hydrogens is 520 g/mol. The molecule has 0 aliphatic rings. The Morgan fingerprint density at radius 3 is 1.25 bits per heavy atom. The fraction of sp³-hybridized carbons (Fsp3) is 0. The Morgan fingerprint density at radius 1 is 0.528 bits per heavy atom. The van der Waals surface area contributed by atoms with Gasteiger partial charge in [-0.1, -0.05) is 11.8 Å². The van der Waals surface area contributed by atoms with Crippen molar-refractivity contribution < 1.29 is 22.3 Å². The SMILES string of the molecule is O=S([O-])Nc1ccc(Oc2ccc(NNc3ccc(Sc4ccc(NS(=O)[O-])cc4)cc3)cc2)cc1. The first-order valence-electron chi connectivity index (χ1n) is 10.4. The summed E-state index contributed by atoms with van der Waals surface area (Å²) in [4.78, 5) is 2.03. The predicted molar refractivity (Wildman–Crippen MR) is 142 cm³/mol. The van der Waals surface area contributed by atoms with E-state index >= 15 is 0 Å². The molecule has 36 heavy (non-hydrogen) atoms. The Labute approximate surface area is 217 Å². The second kappa shape index (κ2) is 12.4. The maximum Gasteiger partial charge on any atom is 0.127 e. The summed E-state index contributed by atoms with van der Waals surface area (Å²) in [6, 6.07) is 28.9. The lowest BCUT2D eigenvalue weighted by Crippen LogP contribution is -2.08. The van der Waals surface area contributed by atoms with Crippen LogP contribution in [-0.4, -0.2) is 17.5 Å². The fourth-order valence-corrected chi connectivity index (χ4v) is 4.48. The van der Waals surface area contributed by atoms with E-state index < -0.39 is 22.5 Å². The third-order valence-corrected chi connectivity index (χ3v) is 6.46. The van der Waals surface area contributed by atoms with Crippen molar-refractivity contribution in [1.29, 1.82) is 0 Å². The van der Waals surface area contributed by atoms with E-state index in [9.17, 15) is 17.5 Å². The maximum absolute atomic E-state index is 10.7. The summed E-state index contributed by atoms with van der Waals surface area (Å²) in [6.45, 7) is 0. The highest BCUT2D eigenvalue weighted by Gasteiger charge is 2.01. The van der Waals surface area contributed by atoms with Crippen molar-refractivity contribution >= 4 is 57.0 Å². The summed E-state index contributed by atoms with van der Waals surface area (Å²) in [6.07, 6.45) is 0. The molecule has 0 amide bonds. The molecule has 4 rings (SSSR count). The van der Waals surface area contributed by atoms with Gasteiger partial charge in [0.05, 0.1) is 11.4 Å². The molecule has 0 bridgehead atoms. The number of hydrogen-bond donors (Lipinski definition) is 4. The summed E-state index contributed by atoms with van der Waals surface area (Å²) in [5.74, 6) is 1.22. The molecule has 0 heterocycles. The number of rotatable bonds is 11. The van der Waals surface area contributed by atoms with Crippen molar-refractivity contribution in [3.63, 3.8) is 0 Å². The molecule has 0 saturated carbocycles. The number of hydrogen-bond acceptors (Lipinski definition) is 8. The third kappa shape index (κ3) is 8.00. The van der Waals surface area contributed by atoms with Crippen LogP contribution in [0.1, 0.15) is 0 Å². The van der Waals surface area contributed by atoms with Gasteiger partial charge in [-0.25, -0.2) is 0 Å². The number of anilines is 4. The van der Waals surface area contributed by atoms with Gasteiger partial charge in [0, 0.05) is 43.7 Å². The Morgan fingerprint density at radius 2 is 0.861 bits per heavy atom. The van der Waals surface area contributed by atoms with E-state index in [0.29, 0.717) is 22.9 Å². The molecule has 0 radical (unpaired) electrons. The van der Waals surface area contributed by atoms with Gasteiger partial charge in [-0.2, -0.15) is 0 Å². The topological polar surface area (TPSA) is 138 Å². The zero-order valence-electron chi connectivity index (χ0n) is 18.5. The zero-order valence-corrected chi connectivity index (χ0v) is 21.0. The molecule has 0 aliphatic heterocycles. The van der Waals surface area contributed by atoms with Gasteiger partial charge < -0.3 is 34.1 Å². The van der Waals surface area contributed by atoms with Gasteiger partial charge in [0.25, 0.3) is 0 Å². The van der Waals surface area contributed by atoms with Crippen LogP contribution in [-0.2, 0) is 22.5 Å². The molecule has 4 aromatic rings. The van der Waals surface area contributed by atoms with Crippen molar-refractivity contribution in [2.24, 2.45) is 0 Å². The van der Waals surface area contributed by atoms with Crippen molar-refractivity contribution in [2.45, 2.75) is 9.79 Å². The summed E-state index contributed by atoms with van der Waals surface area (Å²) in [5.41, 5.74) is 8.96. The number of hydrazine groups is 1. The van der Waals surface area contributed by atoms with Crippen molar-refractivity contribution in [3.8, 4) is 11.5 Å². The van der Waals surface area contributed by atoms with Crippen LogP contribution in [0.2, 0.25) is 0 Å². The molecule has 0 spiro atoms. The molecule has 4 N–H and O–H groups in total. The van der Waals surface area contributed by atoms with Crippen LogP contribution in [0.5, 0.6) is 11.5 Å². The molecule has 4 aromatic carbocycles. The molecule has 0 aromatic heterocycles. The molecule has 2 atom stereocenters. The first kappa shape index (κ1) is 25.5. The van der Waals surface area contributed by atoms with E-state index in [0.717, 1.165) is 21.2 Å². The lowest BCUT2D eigenvalue weighted by Gasteiger charge is -2.12. The highest BCUT2D eigenvalue weighted by Crippen LogP contribution is 2.30. The quantitative estimate of drug-likeness (QED) is 0.145. The van der Waals surface area contributed by atoms with Crippen LogP contribution < -0.4 is 25.0 Å². The normalized spacial score (nSPS) is 12.3. The molecule has 12 heteroatoms. The van der Waals surface area contributed by atoms with Crippen LogP contribution in [0.3, 0.4) is 0 Å². The Bertz CT molecular complexity index is 1220. The summed E-state index contributed by atoms with van der Waals surface area (Å²) in [5, 5.41) is 0. The molecule has 0 fully saturated rings. The summed E-state index contributed by atoms with van der Waals surface area (Å²) in [7, 11) is 0. The minimum absolute atomic E-state index is 0.455. The van der Waals surface area contributed by atoms with Gasteiger partial charge in [-0.3, -0.25) is 8.42 Å². The molecular formula is C24H20N4O5S3-2. The van der Waals surface area contributed by atoms with E-state index in [1.54, 1.807) is 48.2 Å². The average Bonchev–Trinajstić information content (AvgIpc) is 2.86. The highest BCUT2D eigenvalue weighted by atomic mass is 32.2. The van der Waals surface area contributed by atoms with Gasteiger partial charge in [-0.05, 0) is 97.1 Å². The molecule has 0 aliphatic carbocycles. The molecule has 2 unspecified atom stereocenters. The van der Waals surface area contributed by atoms with Gasteiger partial charge in [0.1, 0.15) is 11.5 Å². The monoisotopic (exact) mass is 540 g/mol. The minimum Gasteiger partial charge on any atom is -0.755 e. The van der Waals surface area contributed by atoms with Crippen LogP contribution in [0, 0.1) is 0 Å². The van der Waals surface area contributed by atoms with Gasteiger partial charge in [0.15, 0.2) is 0 Å². The zero-order chi connectivity index (χ0) is 25.3. The van der Waals surface area contributed by atoms with E-state index in [1.165, 1.54) is 0 Å². The van der Waals surface area contributed by atoms with Crippen LogP contribution in [0.4, 0.5) is 22.7 Å². The predicted octanol–water partition coefficient (Wildman–Crippen LogP) is 5.48. The lowest BCUT2D eigenvalue weighted by atomic mass is 10.3. The van der Waals surface area contributed by atoms with Crippen molar-refractivity contribution in [2.75, 3.05) is 20.3 Å². The van der Waals surface area contributed by atoms with E-state index in [4.69, 9.17) is 4.74 Å². The fourth-order valence-electron chi connectivity index (χ4n) is 3.00. The average molecular weight is 541 g/mol.